The van der Waals surface area contributed by atoms with Crippen LogP contribution in [0.15, 0.2) is 55.0 Å². The van der Waals surface area contributed by atoms with Gasteiger partial charge in [0.05, 0.1) is 37.6 Å². The number of alkyl halides is 1. The van der Waals surface area contributed by atoms with E-state index in [4.69, 9.17) is 26.1 Å². The Balaban J connectivity index is 1.49. The number of hydrogen-bond acceptors (Lipinski definition) is 7. The van der Waals surface area contributed by atoms with Crippen LogP contribution >= 0.6 is 11.6 Å². The number of nitrogens with one attached hydrogen (secondary N) is 2. The van der Waals surface area contributed by atoms with Crippen LogP contribution in [0.1, 0.15) is 28.3 Å². The van der Waals surface area contributed by atoms with E-state index in [-0.39, 0.29) is 5.92 Å². The average Bonchev–Trinajstić information content (AvgIpc) is 3.33. The highest BCUT2D eigenvalue weighted by molar-refractivity contribution is 6.29. The van der Waals surface area contributed by atoms with Crippen molar-refractivity contribution in [3.8, 4) is 11.4 Å². The van der Waals surface area contributed by atoms with Gasteiger partial charge in [-0.1, -0.05) is 35.9 Å². The second kappa shape index (κ2) is 9.89. The van der Waals surface area contributed by atoms with E-state index in [1.54, 1.807) is 36.3 Å². The molecule has 1 atom stereocenters. The number of nitrogens with zero attached hydrogens (tertiary/aromatic N) is 4. The smallest absolute Gasteiger partial charge is 0.229 e. The van der Waals surface area contributed by atoms with Crippen molar-refractivity contribution in [1.29, 1.82) is 0 Å². The van der Waals surface area contributed by atoms with Crippen molar-refractivity contribution >= 4 is 29.1 Å². The Morgan fingerprint density at radius 2 is 2.03 bits per heavy atom. The summed E-state index contributed by atoms with van der Waals surface area (Å²) in [5.74, 6) is 1.68. The molecular formula is C25H24ClFN6O2. The first-order valence-corrected chi connectivity index (χ1v) is 11.4. The van der Waals surface area contributed by atoms with E-state index in [2.05, 4.69) is 20.6 Å². The van der Waals surface area contributed by atoms with Gasteiger partial charge in [0.15, 0.2) is 0 Å². The van der Waals surface area contributed by atoms with E-state index in [0.29, 0.717) is 41.4 Å². The summed E-state index contributed by atoms with van der Waals surface area (Å²) in [4.78, 5) is 13.6. The molecule has 1 aliphatic heterocycles. The van der Waals surface area contributed by atoms with Crippen molar-refractivity contribution in [3.63, 3.8) is 0 Å². The molecule has 3 heterocycles. The molecule has 0 saturated carbocycles. The summed E-state index contributed by atoms with van der Waals surface area (Å²) in [6.07, 6.45) is 3.34. The molecule has 0 radical (unpaired) electrons. The number of methoxy groups -OCH3 is 1. The standard InChI is InChI=1S/C25H24ClFN6O2/c1-28-24-19-13-35-12-18(16-5-3-15(10-27)4-6-16)23(19)31-25(32-24)30-17-7-8-20(21(9-17)34-2)33-11-22(26)29-14-33/h3-9,11,14,18H,10,12-13H2,1-2H3,(H2,28,30,31,32). The number of benzene rings is 2. The molecular weight excluding hydrogens is 471 g/mol. The van der Waals surface area contributed by atoms with E-state index in [0.717, 1.165) is 28.2 Å². The van der Waals surface area contributed by atoms with Gasteiger partial charge in [0.1, 0.15) is 29.7 Å². The van der Waals surface area contributed by atoms with Crippen LogP contribution in [0.25, 0.3) is 5.69 Å². The lowest BCUT2D eigenvalue weighted by molar-refractivity contribution is 0.0979. The van der Waals surface area contributed by atoms with Gasteiger partial charge < -0.3 is 24.7 Å². The third kappa shape index (κ3) is 4.65. The van der Waals surface area contributed by atoms with E-state index in [1.165, 1.54) is 0 Å². The molecule has 8 nitrogen and oxygen atoms in total. The second-order valence-corrected chi connectivity index (χ2v) is 8.46. The lowest BCUT2D eigenvalue weighted by atomic mass is 9.91. The predicted octanol–water partition coefficient (Wildman–Crippen LogP) is 5.24. The van der Waals surface area contributed by atoms with Gasteiger partial charge in [0.25, 0.3) is 0 Å². The van der Waals surface area contributed by atoms with Crippen molar-refractivity contribution in [2.45, 2.75) is 19.2 Å². The Kier molecular flexibility index (Phi) is 6.52. The molecule has 0 spiro atoms. The number of fused-ring (bicyclic) bond motifs is 1. The molecule has 4 aromatic rings. The Morgan fingerprint density at radius 1 is 1.20 bits per heavy atom. The van der Waals surface area contributed by atoms with E-state index in [9.17, 15) is 4.39 Å². The van der Waals surface area contributed by atoms with Crippen LogP contribution in [0.4, 0.5) is 21.8 Å². The minimum absolute atomic E-state index is 0.0917. The van der Waals surface area contributed by atoms with Gasteiger partial charge in [-0.2, -0.15) is 4.98 Å². The molecule has 0 aliphatic carbocycles. The first-order valence-electron chi connectivity index (χ1n) is 11.1. The summed E-state index contributed by atoms with van der Waals surface area (Å²) >= 11 is 5.97. The summed E-state index contributed by atoms with van der Waals surface area (Å²) in [5, 5.41) is 6.85. The Morgan fingerprint density at radius 3 is 2.71 bits per heavy atom. The van der Waals surface area contributed by atoms with Gasteiger partial charge in [-0.05, 0) is 23.3 Å². The zero-order valence-corrected chi connectivity index (χ0v) is 20.0. The molecule has 10 heteroatoms. The maximum atomic E-state index is 13.0. The number of ether oxygens (including phenoxy) is 2. The summed E-state index contributed by atoms with van der Waals surface area (Å²) in [7, 11) is 3.43. The van der Waals surface area contributed by atoms with Gasteiger partial charge in [0, 0.05) is 30.6 Å². The fourth-order valence-electron chi connectivity index (χ4n) is 4.17. The number of halogens is 2. The molecule has 35 heavy (non-hydrogen) atoms. The SMILES string of the molecule is CNc1nc(Nc2ccc(-n3cnc(Cl)c3)c(OC)c2)nc2c1COCC2c1ccc(CF)cc1. The molecule has 0 saturated heterocycles. The summed E-state index contributed by atoms with van der Waals surface area (Å²) < 4.78 is 26.2. The molecule has 2 aromatic carbocycles. The van der Waals surface area contributed by atoms with E-state index in [1.807, 2.05) is 37.4 Å². The lowest BCUT2D eigenvalue weighted by Crippen LogP contribution is -2.22. The second-order valence-electron chi connectivity index (χ2n) is 8.07. The van der Waals surface area contributed by atoms with Crippen molar-refractivity contribution in [2.75, 3.05) is 31.4 Å². The van der Waals surface area contributed by atoms with Crippen molar-refractivity contribution in [1.82, 2.24) is 19.5 Å². The zero-order valence-electron chi connectivity index (χ0n) is 19.3. The van der Waals surface area contributed by atoms with Crippen LogP contribution in [0.3, 0.4) is 0 Å². The number of aromatic nitrogens is 4. The minimum atomic E-state index is -0.492. The van der Waals surface area contributed by atoms with Crippen molar-refractivity contribution < 1.29 is 13.9 Å². The number of imidazole rings is 1. The van der Waals surface area contributed by atoms with Gasteiger partial charge in [-0.25, -0.2) is 14.4 Å². The molecule has 0 fully saturated rings. The Hall–Kier alpha value is -3.69. The van der Waals surface area contributed by atoms with Gasteiger partial charge in [-0.15, -0.1) is 0 Å². The van der Waals surface area contributed by atoms with Crippen LogP contribution in [-0.2, 0) is 18.0 Å². The molecule has 1 aliphatic rings. The maximum Gasteiger partial charge on any atom is 0.229 e. The minimum Gasteiger partial charge on any atom is -0.494 e. The summed E-state index contributed by atoms with van der Waals surface area (Å²) in [6, 6.07) is 13.1. The Bertz CT molecular complexity index is 1340. The average molecular weight is 495 g/mol. The largest absolute Gasteiger partial charge is 0.494 e. The monoisotopic (exact) mass is 494 g/mol. The fourth-order valence-corrected chi connectivity index (χ4v) is 4.32. The maximum absolute atomic E-state index is 13.0. The third-order valence-corrected chi connectivity index (χ3v) is 6.13. The molecule has 2 N–H and O–H groups in total. The van der Waals surface area contributed by atoms with Gasteiger partial charge in [-0.3, -0.25) is 0 Å². The number of rotatable bonds is 7. The number of hydrogen-bond donors (Lipinski definition) is 2. The van der Waals surface area contributed by atoms with Crippen LogP contribution in [0.5, 0.6) is 5.75 Å². The normalized spacial score (nSPS) is 14.9. The Labute approximate surface area is 207 Å². The zero-order chi connectivity index (χ0) is 24.4. The summed E-state index contributed by atoms with van der Waals surface area (Å²) in [6.45, 7) is 0.409. The van der Waals surface area contributed by atoms with Crippen LogP contribution in [0.2, 0.25) is 5.15 Å². The molecule has 0 amide bonds. The topological polar surface area (TPSA) is 86.1 Å². The quantitative estimate of drug-likeness (QED) is 0.363. The summed E-state index contributed by atoms with van der Waals surface area (Å²) in [5.41, 5.74) is 5.00. The highest BCUT2D eigenvalue weighted by Crippen LogP contribution is 2.36. The van der Waals surface area contributed by atoms with Crippen LogP contribution in [-0.4, -0.2) is 40.3 Å². The highest BCUT2D eigenvalue weighted by atomic mass is 35.5. The third-order valence-electron chi connectivity index (χ3n) is 5.94. The van der Waals surface area contributed by atoms with Crippen LogP contribution in [0, 0.1) is 0 Å². The first kappa shape index (κ1) is 23.1. The molecule has 0 bridgehead atoms. The number of anilines is 3. The molecule has 5 rings (SSSR count). The van der Waals surface area contributed by atoms with Crippen molar-refractivity contribution in [2.24, 2.45) is 0 Å². The van der Waals surface area contributed by atoms with Gasteiger partial charge in [0.2, 0.25) is 5.95 Å². The highest BCUT2D eigenvalue weighted by Gasteiger charge is 2.28. The van der Waals surface area contributed by atoms with Crippen molar-refractivity contribution in [3.05, 3.63) is 82.5 Å². The van der Waals surface area contributed by atoms with Gasteiger partial charge >= 0.3 is 0 Å². The molecule has 2 aromatic heterocycles. The van der Waals surface area contributed by atoms with E-state index >= 15 is 0 Å². The first-order chi connectivity index (χ1) is 17.1. The fraction of sp³-hybridized carbons (Fsp3) is 0.240. The predicted molar refractivity (Wildman–Crippen MR) is 133 cm³/mol. The molecule has 1 unspecified atom stereocenters. The lowest BCUT2D eigenvalue weighted by Gasteiger charge is -2.27. The van der Waals surface area contributed by atoms with Crippen LogP contribution < -0.4 is 15.4 Å². The van der Waals surface area contributed by atoms with E-state index < -0.39 is 6.67 Å². The molecule has 180 valence electrons.